The van der Waals surface area contributed by atoms with Crippen LogP contribution in [0.25, 0.3) is 11.3 Å². The summed E-state index contributed by atoms with van der Waals surface area (Å²) in [5, 5.41) is 13.5. The molecule has 2 aromatic rings. The van der Waals surface area contributed by atoms with E-state index in [0.717, 1.165) is 0 Å². The SMILES string of the molecule is Nn1ccc(-c2ccccc2O)n1. The highest BCUT2D eigenvalue weighted by Crippen LogP contribution is 2.26. The number of phenols is 1. The predicted octanol–water partition coefficient (Wildman–Crippen LogP) is 0.969. The van der Waals surface area contributed by atoms with Crippen molar-refractivity contribution < 1.29 is 5.11 Å². The molecular weight excluding hydrogens is 166 g/mol. The van der Waals surface area contributed by atoms with E-state index in [0.29, 0.717) is 11.3 Å². The molecule has 0 spiro atoms. The van der Waals surface area contributed by atoms with Crippen molar-refractivity contribution in [1.29, 1.82) is 0 Å². The highest BCUT2D eigenvalue weighted by Gasteiger charge is 2.04. The van der Waals surface area contributed by atoms with Gasteiger partial charge in [0.05, 0.1) is 5.69 Å². The van der Waals surface area contributed by atoms with E-state index in [2.05, 4.69) is 5.10 Å². The van der Waals surface area contributed by atoms with E-state index in [1.165, 1.54) is 4.79 Å². The monoisotopic (exact) mass is 175 g/mol. The van der Waals surface area contributed by atoms with Gasteiger partial charge < -0.3 is 10.9 Å². The normalized spacial score (nSPS) is 10.2. The van der Waals surface area contributed by atoms with Crippen LogP contribution in [0.2, 0.25) is 0 Å². The van der Waals surface area contributed by atoms with E-state index in [-0.39, 0.29) is 5.75 Å². The Kier molecular flexibility index (Phi) is 1.66. The summed E-state index contributed by atoms with van der Waals surface area (Å²) in [6.45, 7) is 0. The van der Waals surface area contributed by atoms with Crippen LogP contribution in [0.4, 0.5) is 0 Å². The Balaban J connectivity index is 2.52. The van der Waals surface area contributed by atoms with Gasteiger partial charge in [0.15, 0.2) is 0 Å². The molecule has 13 heavy (non-hydrogen) atoms. The fourth-order valence-electron chi connectivity index (χ4n) is 1.17. The van der Waals surface area contributed by atoms with Gasteiger partial charge in [-0.25, -0.2) is 0 Å². The molecule has 0 unspecified atom stereocenters. The first kappa shape index (κ1) is 7.67. The zero-order valence-corrected chi connectivity index (χ0v) is 6.88. The van der Waals surface area contributed by atoms with E-state index >= 15 is 0 Å². The third kappa shape index (κ3) is 1.33. The van der Waals surface area contributed by atoms with Crippen LogP contribution in [0.15, 0.2) is 36.5 Å². The lowest BCUT2D eigenvalue weighted by molar-refractivity contribution is 0.477. The standard InChI is InChI=1S/C9H9N3O/c10-12-6-5-8(11-12)7-3-1-2-4-9(7)13/h1-6,13H,10H2. The average molecular weight is 175 g/mol. The van der Waals surface area contributed by atoms with Gasteiger partial charge in [0.25, 0.3) is 0 Å². The molecule has 4 nitrogen and oxygen atoms in total. The van der Waals surface area contributed by atoms with Crippen molar-refractivity contribution in [3.8, 4) is 17.0 Å². The maximum atomic E-state index is 9.48. The van der Waals surface area contributed by atoms with Crippen LogP contribution in [0.1, 0.15) is 0 Å². The zero-order valence-electron chi connectivity index (χ0n) is 6.88. The number of hydrogen-bond donors (Lipinski definition) is 2. The van der Waals surface area contributed by atoms with Gasteiger partial charge in [0.1, 0.15) is 5.75 Å². The summed E-state index contributed by atoms with van der Waals surface area (Å²) in [7, 11) is 0. The quantitative estimate of drug-likeness (QED) is 0.635. The number of nitrogens with two attached hydrogens (primary N) is 1. The highest BCUT2D eigenvalue weighted by molar-refractivity contribution is 5.65. The molecule has 1 heterocycles. The molecule has 0 amide bonds. The maximum absolute atomic E-state index is 9.48. The van der Waals surface area contributed by atoms with Crippen LogP contribution < -0.4 is 5.84 Å². The first-order chi connectivity index (χ1) is 6.27. The van der Waals surface area contributed by atoms with Gasteiger partial charge in [0, 0.05) is 11.8 Å². The molecule has 0 saturated carbocycles. The van der Waals surface area contributed by atoms with Crippen LogP contribution in [-0.2, 0) is 0 Å². The molecule has 0 fully saturated rings. The minimum atomic E-state index is 0.209. The number of aromatic hydroxyl groups is 1. The van der Waals surface area contributed by atoms with Gasteiger partial charge in [-0.2, -0.15) is 9.89 Å². The third-order valence-electron chi connectivity index (χ3n) is 1.79. The molecule has 0 radical (unpaired) electrons. The van der Waals surface area contributed by atoms with Gasteiger partial charge in [-0.3, -0.25) is 0 Å². The van der Waals surface area contributed by atoms with E-state index in [4.69, 9.17) is 5.84 Å². The second-order valence-corrected chi connectivity index (χ2v) is 2.70. The molecule has 0 atom stereocenters. The second kappa shape index (κ2) is 2.82. The summed E-state index contributed by atoms with van der Waals surface area (Å²) in [5.74, 6) is 5.60. The Morgan fingerprint density at radius 1 is 1.23 bits per heavy atom. The average Bonchev–Trinajstić information content (AvgIpc) is 2.53. The largest absolute Gasteiger partial charge is 0.507 e. The molecule has 0 saturated heterocycles. The van der Waals surface area contributed by atoms with Crippen LogP contribution in [0.5, 0.6) is 5.75 Å². The molecule has 3 N–H and O–H groups in total. The van der Waals surface area contributed by atoms with Crippen molar-refractivity contribution >= 4 is 0 Å². The fraction of sp³-hybridized carbons (Fsp3) is 0. The molecule has 0 aliphatic carbocycles. The van der Waals surface area contributed by atoms with Crippen LogP contribution in [-0.4, -0.2) is 15.0 Å². The Morgan fingerprint density at radius 3 is 2.62 bits per heavy atom. The van der Waals surface area contributed by atoms with E-state index in [1.807, 2.05) is 6.07 Å². The lowest BCUT2D eigenvalue weighted by Crippen LogP contribution is -2.07. The van der Waals surface area contributed by atoms with Gasteiger partial charge in [-0.15, -0.1) is 0 Å². The van der Waals surface area contributed by atoms with Gasteiger partial charge in [0.2, 0.25) is 0 Å². The highest BCUT2D eigenvalue weighted by atomic mass is 16.3. The molecule has 4 heteroatoms. The molecule has 0 aliphatic rings. The van der Waals surface area contributed by atoms with Crippen LogP contribution in [0, 0.1) is 0 Å². The second-order valence-electron chi connectivity index (χ2n) is 2.70. The van der Waals surface area contributed by atoms with E-state index < -0.39 is 0 Å². The van der Waals surface area contributed by atoms with Crippen molar-refractivity contribution in [2.75, 3.05) is 5.84 Å². The lowest BCUT2D eigenvalue weighted by Gasteiger charge is -1.98. The third-order valence-corrected chi connectivity index (χ3v) is 1.79. The molecular formula is C9H9N3O. The topological polar surface area (TPSA) is 64.1 Å². The Bertz CT molecular complexity index is 422. The number of nitrogen functional groups attached to an aromatic ring is 1. The predicted molar refractivity (Wildman–Crippen MR) is 49.5 cm³/mol. The molecule has 0 bridgehead atoms. The Hall–Kier alpha value is -1.97. The van der Waals surface area contributed by atoms with Crippen molar-refractivity contribution in [1.82, 2.24) is 9.89 Å². The number of benzene rings is 1. The van der Waals surface area contributed by atoms with E-state index in [1.54, 1.807) is 30.5 Å². The van der Waals surface area contributed by atoms with Crippen molar-refractivity contribution in [2.24, 2.45) is 0 Å². The molecule has 0 aliphatic heterocycles. The summed E-state index contributed by atoms with van der Waals surface area (Å²) in [4.78, 5) is 1.21. The van der Waals surface area contributed by atoms with Crippen LogP contribution >= 0.6 is 0 Å². The molecule has 2 rings (SSSR count). The molecule has 1 aromatic heterocycles. The molecule has 1 aromatic carbocycles. The number of rotatable bonds is 1. The maximum Gasteiger partial charge on any atom is 0.125 e. The summed E-state index contributed by atoms with van der Waals surface area (Å²) >= 11 is 0. The lowest BCUT2D eigenvalue weighted by atomic mass is 10.1. The van der Waals surface area contributed by atoms with Crippen LogP contribution in [0.3, 0.4) is 0 Å². The number of phenolic OH excluding ortho intramolecular Hbond substituents is 1. The summed E-state index contributed by atoms with van der Waals surface area (Å²) in [5.41, 5.74) is 1.35. The first-order valence-electron chi connectivity index (χ1n) is 3.86. The van der Waals surface area contributed by atoms with Crippen molar-refractivity contribution in [3.63, 3.8) is 0 Å². The van der Waals surface area contributed by atoms with Crippen molar-refractivity contribution in [3.05, 3.63) is 36.5 Å². The fourth-order valence-corrected chi connectivity index (χ4v) is 1.17. The number of hydrogen-bond acceptors (Lipinski definition) is 3. The first-order valence-corrected chi connectivity index (χ1v) is 3.86. The Labute approximate surface area is 75.2 Å². The van der Waals surface area contributed by atoms with E-state index in [9.17, 15) is 5.11 Å². The van der Waals surface area contributed by atoms with Gasteiger partial charge in [-0.1, -0.05) is 12.1 Å². The smallest absolute Gasteiger partial charge is 0.125 e. The molecule has 66 valence electrons. The minimum Gasteiger partial charge on any atom is -0.507 e. The summed E-state index contributed by atoms with van der Waals surface area (Å²) in [6.07, 6.45) is 1.63. The number of nitrogens with zero attached hydrogens (tertiary/aromatic N) is 2. The number of para-hydroxylation sites is 1. The summed E-state index contributed by atoms with van der Waals surface area (Å²) < 4.78 is 0. The van der Waals surface area contributed by atoms with Gasteiger partial charge >= 0.3 is 0 Å². The Morgan fingerprint density at radius 2 is 2.00 bits per heavy atom. The number of aromatic nitrogens is 2. The van der Waals surface area contributed by atoms with Gasteiger partial charge in [-0.05, 0) is 18.2 Å². The van der Waals surface area contributed by atoms with Crippen molar-refractivity contribution in [2.45, 2.75) is 0 Å². The summed E-state index contributed by atoms with van der Waals surface area (Å²) in [6, 6.07) is 8.75. The minimum absolute atomic E-state index is 0.209. The zero-order chi connectivity index (χ0) is 9.26.